The molecule has 0 aliphatic heterocycles. The van der Waals surface area contributed by atoms with Gasteiger partial charge in [0.2, 0.25) is 5.91 Å². The number of nitrogens with zero attached hydrogens (tertiary/aromatic N) is 2. The van der Waals surface area contributed by atoms with Gasteiger partial charge in [0.1, 0.15) is 0 Å². The van der Waals surface area contributed by atoms with E-state index in [1.54, 1.807) is 19.2 Å². The van der Waals surface area contributed by atoms with Gasteiger partial charge in [-0.2, -0.15) is 0 Å². The van der Waals surface area contributed by atoms with Crippen molar-refractivity contribution in [2.24, 2.45) is 0 Å². The van der Waals surface area contributed by atoms with Gasteiger partial charge in [0.15, 0.2) is 0 Å². The number of rotatable bonds is 9. The number of ether oxygens (including phenoxy) is 1. The molecular weight excluding hydrogens is 346 g/mol. The first-order valence-corrected chi connectivity index (χ1v) is 8.71. The Morgan fingerprint density at radius 1 is 1.19 bits per heavy atom. The Morgan fingerprint density at radius 3 is 2.52 bits per heavy atom. The van der Waals surface area contributed by atoms with E-state index in [0.29, 0.717) is 19.7 Å². The standard InChI is InChI=1S/C20H25N3O4/c1-15-5-4-6-19(16(15)2)21-20(24)14-22(11-12-27-3)13-17-7-9-18(10-8-17)23(25)26/h4-10H,11-14H2,1-3H3,(H,21,24). The summed E-state index contributed by atoms with van der Waals surface area (Å²) in [5.41, 5.74) is 3.92. The van der Waals surface area contributed by atoms with E-state index >= 15 is 0 Å². The average Bonchev–Trinajstić information content (AvgIpc) is 2.64. The van der Waals surface area contributed by atoms with Crippen molar-refractivity contribution < 1.29 is 14.5 Å². The molecule has 0 atom stereocenters. The maximum Gasteiger partial charge on any atom is 0.269 e. The van der Waals surface area contributed by atoms with Gasteiger partial charge in [0, 0.05) is 38.0 Å². The second-order valence-electron chi connectivity index (χ2n) is 6.42. The molecule has 7 nitrogen and oxygen atoms in total. The number of nitro groups is 1. The SMILES string of the molecule is COCCN(CC(=O)Nc1cccc(C)c1C)Cc1ccc([N+](=O)[O-])cc1. The quantitative estimate of drug-likeness (QED) is 0.540. The Kier molecular flexibility index (Phi) is 7.45. The molecule has 0 radical (unpaired) electrons. The lowest BCUT2D eigenvalue weighted by molar-refractivity contribution is -0.384. The van der Waals surface area contributed by atoms with Crippen LogP contribution in [-0.4, -0.2) is 42.5 Å². The first-order chi connectivity index (χ1) is 12.9. The molecule has 2 aromatic rings. The van der Waals surface area contributed by atoms with Crippen molar-refractivity contribution in [2.45, 2.75) is 20.4 Å². The van der Waals surface area contributed by atoms with E-state index < -0.39 is 4.92 Å². The van der Waals surface area contributed by atoms with Gasteiger partial charge in [-0.1, -0.05) is 24.3 Å². The highest BCUT2D eigenvalue weighted by molar-refractivity contribution is 5.93. The fourth-order valence-corrected chi connectivity index (χ4v) is 2.70. The Labute approximate surface area is 159 Å². The van der Waals surface area contributed by atoms with Crippen molar-refractivity contribution in [3.8, 4) is 0 Å². The van der Waals surface area contributed by atoms with Crippen LogP contribution < -0.4 is 5.32 Å². The Morgan fingerprint density at radius 2 is 1.89 bits per heavy atom. The number of non-ortho nitro benzene ring substituents is 1. The van der Waals surface area contributed by atoms with Crippen LogP contribution in [0.25, 0.3) is 0 Å². The van der Waals surface area contributed by atoms with Gasteiger partial charge < -0.3 is 10.1 Å². The molecule has 0 saturated carbocycles. The molecular formula is C20H25N3O4. The fraction of sp³-hybridized carbons (Fsp3) is 0.350. The summed E-state index contributed by atoms with van der Waals surface area (Å²) in [4.78, 5) is 24.8. The number of hydrogen-bond donors (Lipinski definition) is 1. The van der Waals surface area contributed by atoms with Gasteiger partial charge in [-0.3, -0.25) is 19.8 Å². The Bertz CT molecular complexity index is 790. The summed E-state index contributed by atoms with van der Waals surface area (Å²) in [6.07, 6.45) is 0. The summed E-state index contributed by atoms with van der Waals surface area (Å²) in [6.45, 7) is 5.75. The summed E-state index contributed by atoms with van der Waals surface area (Å²) < 4.78 is 5.13. The van der Waals surface area contributed by atoms with Crippen LogP contribution in [0.2, 0.25) is 0 Å². The number of carbonyl (C=O) groups excluding carboxylic acids is 1. The molecule has 0 aromatic heterocycles. The number of anilines is 1. The number of nitro benzene ring substituents is 1. The predicted octanol–water partition coefficient (Wildman–Crippen LogP) is 3.30. The zero-order valence-electron chi connectivity index (χ0n) is 15.9. The minimum Gasteiger partial charge on any atom is -0.383 e. The molecule has 0 spiro atoms. The number of benzene rings is 2. The lowest BCUT2D eigenvalue weighted by Gasteiger charge is -2.22. The van der Waals surface area contributed by atoms with Gasteiger partial charge in [0.05, 0.1) is 18.1 Å². The van der Waals surface area contributed by atoms with Gasteiger partial charge in [-0.25, -0.2) is 0 Å². The molecule has 7 heteroatoms. The van der Waals surface area contributed by atoms with Crippen molar-refractivity contribution >= 4 is 17.3 Å². The molecule has 0 bridgehead atoms. The maximum absolute atomic E-state index is 12.5. The number of carbonyl (C=O) groups is 1. The topological polar surface area (TPSA) is 84.7 Å². The third kappa shape index (κ3) is 6.16. The van der Waals surface area contributed by atoms with Crippen LogP contribution in [0.4, 0.5) is 11.4 Å². The van der Waals surface area contributed by atoms with Crippen molar-refractivity contribution in [2.75, 3.05) is 32.1 Å². The van der Waals surface area contributed by atoms with E-state index in [1.165, 1.54) is 12.1 Å². The average molecular weight is 371 g/mol. The molecule has 0 aliphatic rings. The van der Waals surface area contributed by atoms with Gasteiger partial charge in [-0.15, -0.1) is 0 Å². The van der Waals surface area contributed by atoms with Gasteiger partial charge in [-0.05, 0) is 36.6 Å². The summed E-state index contributed by atoms with van der Waals surface area (Å²) in [6, 6.07) is 12.2. The van der Waals surface area contributed by atoms with Gasteiger partial charge in [0.25, 0.3) is 5.69 Å². The van der Waals surface area contributed by atoms with E-state index in [-0.39, 0.29) is 18.1 Å². The highest BCUT2D eigenvalue weighted by Crippen LogP contribution is 2.18. The second kappa shape index (κ2) is 9.80. The lowest BCUT2D eigenvalue weighted by Crippen LogP contribution is -2.35. The molecule has 144 valence electrons. The van der Waals surface area contributed by atoms with Crippen LogP contribution >= 0.6 is 0 Å². The zero-order chi connectivity index (χ0) is 19.8. The first kappa shape index (κ1) is 20.5. The molecule has 0 fully saturated rings. The zero-order valence-corrected chi connectivity index (χ0v) is 15.9. The summed E-state index contributed by atoms with van der Waals surface area (Å²) in [5.74, 6) is -0.110. The number of hydrogen-bond acceptors (Lipinski definition) is 5. The summed E-state index contributed by atoms with van der Waals surface area (Å²) >= 11 is 0. The first-order valence-electron chi connectivity index (χ1n) is 8.71. The summed E-state index contributed by atoms with van der Waals surface area (Å²) in [7, 11) is 1.61. The molecule has 2 rings (SSSR count). The maximum atomic E-state index is 12.5. The minimum atomic E-state index is -0.426. The molecule has 0 unspecified atom stereocenters. The summed E-state index contributed by atoms with van der Waals surface area (Å²) in [5, 5.41) is 13.7. The van der Waals surface area contributed by atoms with Crippen LogP contribution in [0.15, 0.2) is 42.5 Å². The predicted molar refractivity (Wildman–Crippen MR) is 105 cm³/mol. The van der Waals surface area contributed by atoms with E-state index in [4.69, 9.17) is 4.74 Å². The lowest BCUT2D eigenvalue weighted by atomic mass is 10.1. The number of aryl methyl sites for hydroxylation is 1. The Balaban J connectivity index is 2.03. The van der Waals surface area contributed by atoms with E-state index in [9.17, 15) is 14.9 Å². The van der Waals surface area contributed by atoms with Crippen molar-refractivity contribution in [3.63, 3.8) is 0 Å². The number of amides is 1. The molecule has 1 amide bonds. The minimum absolute atomic E-state index is 0.0508. The highest BCUT2D eigenvalue weighted by atomic mass is 16.6. The van der Waals surface area contributed by atoms with Crippen LogP contribution in [0.1, 0.15) is 16.7 Å². The van der Waals surface area contributed by atoms with Crippen LogP contribution in [-0.2, 0) is 16.1 Å². The molecule has 0 heterocycles. The second-order valence-corrected chi connectivity index (χ2v) is 6.42. The molecule has 27 heavy (non-hydrogen) atoms. The molecule has 1 N–H and O–H groups in total. The van der Waals surface area contributed by atoms with E-state index in [0.717, 1.165) is 22.4 Å². The third-order valence-electron chi connectivity index (χ3n) is 4.41. The third-order valence-corrected chi connectivity index (χ3v) is 4.41. The van der Waals surface area contributed by atoms with Crippen molar-refractivity contribution in [3.05, 3.63) is 69.3 Å². The highest BCUT2D eigenvalue weighted by Gasteiger charge is 2.14. The largest absolute Gasteiger partial charge is 0.383 e. The smallest absolute Gasteiger partial charge is 0.269 e. The molecule has 0 aliphatic carbocycles. The monoisotopic (exact) mass is 371 g/mol. The van der Waals surface area contributed by atoms with E-state index in [2.05, 4.69) is 5.32 Å². The van der Waals surface area contributed by atoms with Crippen LogP contribution in [0, 0.1) is 24.0 Å². The normalized spacial score (nSPS) is 10.8. The van der Waals surface area contributed by atoms with Crippen molar-refractivity contribution in [1.29, 1.82) is 0 Å². The fourth-order valence-electron chi connectivity index (χ4n) is 2.70. The number of nitrogens with one attached hydrogen (secondary N) is 1. The van der Waals surface area contributed by atoms with Crippen LogP contribution in [0.5, 0.6) is 0 Å². The number of methoxy groups -OCH3 is 1. The van der Waals surface area contributed by atoms with E-state index in [1.807, 2.05) is 36.9 Å². The molecule has 2 aromatic carbocycles. The van der Waals surface area contributed by atoms with Crippen LogP contribution in [0.3, 0.4) is 0 Å². The molecule has 0 saturated heterocycles. The van der Waals surface area contributed by atoms with Gasteiger partial charge >= 0.3 is 0 Å². The van der Waals surface area contributed by atoms with Crippen molar-refractivity contribution in [1.82, 2.24) is 4.90 Å². The Hall–Kier alpha value is -2.77.